The lowest BCUT2D eigenvalue weighted by Crippen LogP contribution is -1.96. The van der Waals surface area contributed by atoms with E-state index in [4.69, 9.17) is 9.84 Å². The van der Waals surface area contributed by atoms with Crippen LogP contribution in [0.2, 0.25) is 0 Å². The van der Waals surface area contributed by atoms with E-state index in [2.05, 4.69) is 27.0 Å². The monoisotopic (exact) mass is 324 g/mol. The standard InChI is InChI=1S/C14H17BrN2O2/c1-9-4-5-12(19-3)10(8-9)14-16-11(6-7-18)13(15)17(14)2/h4-5,8,18H,6-7H2,1-3H3. The van der Waals surface area contributed by atoms with E-state index in [1.54, 1.807) is 7.11 Å². The van der Waals surface area contributed by atoms with E-state index >= 15 is 0 Å². The number of rotatable bonds is 4. The summed E-state index contributed by atoms with van der Waals surface area (Å²) >= 11 is 3.51. The van der Waals surface area contributed by atoms with Crippen molar-refractivity contribution < 1.29 is 9.84 Å². The number of hydrogen-bond donors (Lipinski definition) is 1. The van der Waals surface area contributed by atoms with Gasteiger partial charge >= 0.3 is 0 Å². The van der Waals surface area contributed by atoms with Crippen LogP contribution in [0.5, 0.6) is 5.75 Å². The first-order chi connectivity index (χ1) is 9.08. The van der Waals surface area contributed by atoms with Crippen LogP contribution in [-0.2, 0) is 13.5 Å². The Balaban J connectivity index is 2.58. The number of aromatic nitrogens is 2. The number of methoxy groups -OCH3 is 1. The Morgan fingerprint density at radius 1 is 1.42 bits per heavy atom. The molecule has 0 radical (unpaired) electrons. The quantitative estimate of drug-likeness (QED) is 0.940. The van der Waals surface area contributed by atoms with Gasteiger partial charge in [0.15, 0.2) is 0 Å². The molecule has 0 aliphatic heterocycles. The highest BCUT2D eigenvalue weighted by atomic mass is 79.9. The minimum absolute atomic E-state index is 0.0833. The average Bonchev–Trinajstić information content (AvgIpc) is 2.67. The molecule has 5 heteroatoms. The summed E-state index contributed by atoms with van der Waals surface area (Å²) in [6.07, 6.45) is 0.530. The lowest BCUT2D eigenvalue weighted by atomic mass is 10.1. The highest BCUT2D eigenvalue weighted by molar-refractivity contribution is 9.10. The third kappa shape index (κ3) is 2.67. The number of benzene rings is 1. The Morgan fingerprint density at radius 3 is 2.79 bits per heavy atom. The van der Waals surface area contributed by atoms with Crippen LogP contribution < -0.4 is 4.74 Å². The highest BCUT2D eigenvalue weighted by Crippen LogP contribution is 2.32. The minimum atomic E-state index is 0.0833. The molecule has 19 heavy (non-hydrogen) atoms. The van der Waals surface area contributed by atoms with Crippen molar-refractivity contribution in [2.24, 2.45) is 7.05 Å². The third-order valence-corrected chi connectivity index (χ3v) is 4.03. The molecular formula is C14H17BrN2O2. The van der Waals surface area contributed by atoms with Gasteiger partial charge in [0.2, 0.25) is 0 Å². The molecule has 1 aromatic carbocycles. The zero-order chi connectivity index (χ0) is 14.0. The molecule has 0 amide bonds. The fraction of sp³-hybridized carbons (Fsp3) is 0.357. The predicted octanol–water partition coefficient (Wildman–Crippen LogP) is 2.70. The number of imidazole rings is 1. The molecular weight excluding hydrogens is 308 g/mol. The minimum Gasteiger partial charge on any atom is -0.496 e. The normalized spacial score (nSPS) is 10.8. The van der Waals surface area contributed by atoms with Gasteiger partial charge in [-0.3, -0.25) is 0 Å². The molecule has 2 aromatic rings. The van der Waals surface area contributed by atoms with E-state index < -0.39 is 0 Å². The fourth-order valence-electron chi connectivity index (χ4n) is 2.04. The van der Waals surface area contributed by atoms with Gasteiger partial charge in [0.1, 0.15) is 16.2 Å². The Hall–Kier alpha value is -1.33. The lowest BCUT2D eigenvalue weighted by Gasteiger charge is -2.09. The molecule has 1 N–H and O–H groups in total. The topological polar surface area (TPSA) is 47.3 Å². The lowest BCUT2D eigenvalue weighted by molar-refractivity contribution is 0.298. The third-order valence-electron chi connectivity index (χ3n) is 3.04. The van der Waals surface area contributed by atoms with Gasteiger partial charge in [-0.25, -0.2) is 4.98 Å². The Bertz CT molecular complexity index is 593. The van der Waals surface area contributed by atoms with Gasteiger partial charge < -0.3 is 14.4 Å². The van der Waals surface area contributed by atoms with Crippen molar-refractivity contribution >= 4 is 15.9 Å². The maximum Gasteiger partial charge on any atom is 0.144 e. The zero-order valence-corrected chi connectivity index (χ0v) is 12.9. The van der Waals surface area contributed by atoms with Crippen LogP contribution >= 0.6 is 15.9 Å². The van der Waals surface area contributed by atoms with E-state index in [0.29, 0.717) is 6.42 Å². The number of ether oxygens (including phenoxy) is 1. The molecule has 4 nitrogen and oxygen atoms in total. The number of halogens is 1. The molecule has 1 aromatic heterocycles. The molecule has 0 saturated heterocycles. The maximum atomic E-state index is 9.06. The van der Waals surface area contributed by atoms with Crippen LogP contribution in [0.1, 0.15) is 11.3 Å². The summed E-state index contributed by atoms with van der Waals surface area (Å²) in [5, 5.41) is 9.06. The number of aryl methyl sites for hydroxylation is 1. The van der Waals surface area contributed by atoms with E-state index in [-0.39, 0.29) is 6.61 Å². The summed E-state index contributed by atoms with van der Waals surface area (Å²) in [4.78, 5) is 4.60. The first-order valence-corrected chi connectivity index (χ1v) is 6.84. The van der Waals surface area contributed by atoms with E-state index in [0.717, 1.165) is 33.0 Å². The van der Waals surface area contributed by atoms with Crippen LogP contribution in [-0.4, -0.2) is 28.4 Å². The average molecular weight is 325 g/mol. The smallest absolute Gasteiger partial charge is 0.144 e. The van der Waals surface area contributed by atoms with Crippen molar-refractivity contribution in [1.82, 2.24) is 9.55 Å². The van der Waals surface area contributed by atoms with Crippen LogP contribution in [0.15, 0.2) is 22.8 Å². The van der Waals surface area contributed by atoms with Crippen LogP contribution in [0.3, 0.4) is 0 Å². The van der Waals surface area contributed by atoms with E-state index in [1.165, 1.54) is 0 Å². The first kappa shape index (κ1) is 14.1. The summed E-state index contributed by atoms with van der Waals surface area (Å²) in [6, 6.07) is 6.00. The molecule has 0 aliphatic rings. The highest BCUT2D eigenvalue weighted by Gasteiger charge is 2.16. The van der Waals surface area contributed by atoms with Crippen molar-refractivity contribution in [3.05, 3.63) is 34.1 Å². The molecule has 0 spiro atoms. The number of aliphatic hydroxyl groups is 1. The van der Waals surface area contributed by atoms with Crippen LogP contribution in [0, 0.1) is 6.92 Å². The summed E-state index contributed by atoms with van der Waals surface area (Å²) in [5.41, 5.74) is 2.96. The molecule has 0 aliphatic carbocycles. The van der Waals surface area contributed by atoms with Crippen molar-refractivity contribution in [3.8, 4) is 17.1 Å². The van der Waals surface area contributed by atoms with Gasteiger partial charge in [0, 0.05) is 20.1 Å². The van der Waals surface area contributed by atoms with Crippen molar-refractivity contribution in [3.63, 3.8) is 0 Å². The summed E-state index contributed by atoms with van der Waals surface area (Å²) in [6.45, 7) is 2.12. The number of hydrogen-bond acceptors (Lipinski definition) is 3. The van der Waals surface area contributed by atoms with Gasteiger partial charge in [0.25, 0.3) is 0 Å². The molecule has 1 heterocycles. The predicted molar refractivity (Wildman–Crippen MR) is 78.4 cm³/mol. The van der Waals surface area contributed by atoms with Crippen LogP contribution in [0.25, 0.3) is 11.4 Å². The molecule has 0 fully saturated rings. The zero-order valence-electron chi connectivity index (χ0n) is 11.3. The SMILES string of the molecule is COc1ccc(C)cc1-c1nc(CCO)c(Br)n1C. The molecule has 102 valence electrons. The summed E-state index contributed by atoms with van der Waals surface area (Å²) < 4.78 is 8.25. The summed E-state index contributed by atoms with van der Waals surface area (Å²) in [7, 11) is 3.59. The molecule has 0 bridgehead atoms. The van der Waals surface area contributed by atoms with Gasteiger partial charge in [-0.1, -0.05) is 11.6 Å². The Kier molecular flexibility index (Phi) is 4.27. The van der Waals surface area contributed by atoms with Gasteiger partial charge in [-0.2, -0.15) is 0 Å². The molecule has 0 unspecified atom stereocenters. The molecule has 0 atom stereocenters. The van der Waals surface area contributed by atoms with Crippen LogP contribution in [0.4, 0.5) is 0 Å². The second-order valence-corrected chi connectivity index (χ2v) is 5.16. The second kappa shape index (κ2) is 5.75. The molecule has 2 rings (SSSR count). The maximum absolute atomic E-state index is 9.06. The van der Waals surface area contributed by atoms with Gasteiger partial charge in [0.05, 0.1) is 18.4 Å². The first-order valence-electron chi connectivity index (χ1n) is 6.05. The number of aliphatic hydroxyl groups excluding tert-OH is 1. The van der Waals surface area contributed by atoms with E-state index in [1.807, 2.05) is 30.7 Å². The van der Waals surface area contributed by atoms with Gasteiger partial charge in [-0.05, 0) is 35.0 Å². The van der Waals surface area contributed by atoms with Crippen molar-refractivity contribution in [2.75, 3.05) is 13.7 Å². The second-order valence-electron chi connectivity index (χ2n) is 4.41. The van der Waals surface area contributed by atoms with Crippen molar-refractivity contribution in [2.45, 2.75) is 13.3 Å². The molecule has 0 saturated carbocycles. The van der Waals surface area contributed by atoms with E-state index in [9.17, 15) is 0 Å². The Labute approximate surface area is 121 Å². The Morgan fingerprint density at radius 2 is 2.16 bits per heavy atom. The van der Waals surface area contributed by atoms with Crippen molar-refractivity contribution in [1.29, 1.82) is 0 Å². The largest absolute Gasteiger partial charge is 0.496 e. The van der Waals surface area contributed by atoms with Gasteiger partial charge in [-0.15, -0.1) is 0 Å². The fourth-order valence-corrected chi connectivity index (χ4v) is 2.49. The number of nitrogens with zero attached hydrogens (tertiary/aromatic N) is 2. The summed E-state index contributed by atoms with van der Waals surface area (Å²) in [5.74, 6) is 1.62.